The van der Waals surface area contributed by atoms with Crippen LogP contribution in [-0.4, -0.2) is 12.0 Å². The molecule has 1 unspecified atom stereocenters. The van der Waals surface area contributed by atoms with Gasteiger partial charge in [-0.25, -0.2) is 0 Å². The smallest absolute Gasteiger partial charge is 0.0714 e. The molecule has 0 saturated carbocycles. The predicted octanol–water partition coefficient (Wildman–Crippen LogP) is 5.64. The molecular formula is C17H29BrN2. The molecule has 0 aliphatic heterocycles. The van der Waals surface area contributed by atoms with E-state index in [1.807, 2.05) is 19.3 Å². The summed E-state index contributed by atoms with van der Waals surface area (Å²) in [4.78, 5) is 4.49. The highest BCUT2D eigenvalue weighted by Gasteiger charge is 2.12. The Kier molecular flexibility index (Phi) is 9.94. The molecule has 0 fully saturated rings. The number of halogens is 1. The van der Waals surface area contributed by atoms with E-state index in [0.717, 1.165) is 10.2 Å². The summed E-state index contributed by atoms with van der Waals surface area (Å²) in [7, 11) is 2.02. The molecule has 2 nitrogen and oxygen atoms in total. The topological polar surface area (TPSA) is 24.9 Å². The van der Waals surface area contributed by atoms with Crippen molar-refractivity contribution in [1.29, 1.82) is 0 Å². The molecule has 0 spiro atoms. The van der Waals surface area contributed by atoms with Gasteiger partial charge in [-0.1, -0.05) is 58.3 Å². The molecule has 1 heterocycles. The molecular weight excluding hydrogens is 312 g/mol. The first-order valence-electron chi connectivity index (χ1n) is 8.07. The second kappa shape index (κ2) is 11.3. The van der Waals surface area contributed by atoms with Gasteiger partial charge in [0.2, 0.25) is 0 Å². The Morgan fingerprint density at radius 3 is 2.35 bits per heavy atom. The number of unbranched alkanes of at least 4 members (excludes halogenated alkanes) is 7. The maximum absolute atomic E-state index is 4.49. The Labute approximate surface area is 132 Å². The average Bonchev–Trinajstić information content (AvgIpc) is 2.47. The van der Waals surface area contributed by atoms with E-state index in [2.05, 4.69) is 39.2 Å². The Hall–Kier alpha value is -0.410. The molecule has 0 aliphatic carbocycles. The third-order valence-electron chi connectivity index (χ3n) is 3.81. The summed E-state index contributed by atoms with van der Waals surface area (Å²) in [5, 5.41) is 3.39. The zero-order chi connectivity index (χ0) is 14.6. The molecule has 0 amide bonds. The molecule has 0 aromatic carbocycles. The number of nitrogens with zero attached hydrogens (tertiary/aromatic N) is 1. The van der Waals surface area contributed by atoms with Crippen molar-refractivity contribution in [3.8, 4) is 0 Å². The van der Waals surface area contributed by atoms with Crippen LogP contribution in [0.4, 0.5) is 0 Å². The quantitative estimate of drug-likeness (QED) is 0.527. The summed E-state index contributed by atoms with van der Waals surface area (Å²) < 4.78 is 1.11. The van der Waals surface area contributed by atoms with Crippen LogP contribution < -0.4 is 5.32 Å². The normalized spacial score (nSPS) is 12.6. The van der Waals surface area contributed by atoms with E-state index in [9.17, 15) is 0 Å². The summed E-state index contributed by atoms with van der Waals surface area (Å²) >= 11 is 3.59. The van der Waals surface area contributed by atoms with Crippen LogP contribution in [-0.2, 0) is 0 Å². The van der Waals surface area contributed by atoms with E-state index < -0.39 is 0 Å². The van der Waals surface area contributed by atoms with Crippen LogP contribution in [0.3, 0.4) is 0 Å². The number of pyridine rings is 1. The maximum Gasteiger partial charge on any atom is 0.0714 e. The van der Waals surface area contributed by atoms with Crippen molar-refractivity contribution in [2.24, 2.45) is 0 Å². The molecule has 0 bridgehead atoms. The second-order valence-electron chi connectivity index (χ2n) is 5.48. The molecule has 1 aromatic heterocycles. The van der Waals surface area contributed by atoms with Gasteiger partial charge in [0.1, 0.15) is 0 Å². The highest BCUT2D eigenvalue weighted by Crippen LogP contribution is 2.24. The molecule has 20 heavy (non-hydrogen) atoms. The van der Waals surface area contributed by atoms with Crippen LogP contribution >= 0.6 is 15.9 Å². The van der Waals surface area contributed by atoms with Gasteiger partial charge in [0.25, 0.3) is 0 Å². The van der Waals surface area contributed by atoms with Crippen molar-refractivity contribution in [2.45, 2.75) is 70.8 Å². The van der Waals surface area contributed by atoms with Gasteiger partial charge in [-0.05, 0) is 41.5 Å². The lowest BCUT2D eigenvalue weighted by Crippen LogP contribution is -2.18. The molecule has 114 valence electrons. The number of hydrogen-bond acceptors (Lipinski definition) is 2. The van der Waals surface area contributed by atoms with E-state index in [-0.39, 0.29) is 0 Å². The minimum atomic E-state index is 0.366. The van der Waals surface area contributed by atoms with Crippen molar-refractivity contribution in [1.82, 2.24) is 10.3 Å². The molecule has 3 heteroatoms. The van der Waals surface area contributed by atoms with Crippen LogP contribution in [0.15, 0.2) is 22.8 Å². The van der Waals surface area contributed by atoms with Crippen LogP contribution in [0.5, 0.6) is 0 Å². The number of nitrogens with one attached hydrogen (secondary N) is 1. The van der Waals surface area contributed by atoms with Gasteiger partial charge < -0.3 is 5.32 Å². The monoisotopic (exact) mass is 340 g/mol. The van der Waals surface area contributed by atoms with Crippen molar-refractivity contribution in [3.05, 3.63) is 28.5 Å². The summed E-state index contributed by atoms with van der Waals surface area (Å²) in [5.74, 6) is 0. The van der Waals surface area contributed by atoms with E-state index in [1.54, 1.807) is 0 Å². The summed E-state index contributed by atoms with van der Waals surface area (Å²) in [6.45, 7) is 2.27. The first-order chi connectivity index (χ1) is 9.79. The third kappa shape index (κ3) is 6.85. The van der Waals surface area contributed by atoms with Gasteiger partial charge in [-0.15, -0.1) is 0 Å². The number of rotatable bonds is 11. The van der Waals surface area contributed by atoms with E-state index >= 15 is 0 Å². The van der Waals surface area contributed by atoms with E-state index in [4.69, 9.17) is 0 Å². The maximum atomic E-state index is 4.49. The van der Waals surface area contributed by atoms with E-state index in [1.165, 1.54) is 57.8 Å². The summed E-state index contributed by atoms with van der Waals surface area (Å²) in [6, 6.07) is 4.41. The Bertz CT molecular complexity index is 355. The molecule has 1 rings (SSSR count). The van der Waals surface area contributed by atoms with Crippen molar-refractivity contribution in [3.63, 3.8) is 0 Å². The van der Waals surface area contributed by atoms with Crippen LogP contribution in [0.2, 0.25) is 0 Å². The fourth-order valence-corrected chi connectivity index (χ4v) is 3.09. The third-order valence-corrected chi connectivity index (χ3v) is 4.48. The molecule has 1 aromatic rings. The van der Waals surface area contributed by atoms with Crippen molar-refractivity contribution < 1.29 is 0 Å². The predicted molar refractivity (Wildman–Crippen MR) is 91.0 cm³/mol. The van der Waals surface area contributed by atoms with Gasteiger partial charge in [0.15, 0.2) is 0 Å². The van der Waals surface area contributed by atoms with Crippen LogP contribution in [0.25, 0.3) is 0 Å². The standard InChI is InChI=1S/C17H29BrN2/c1-3-4-5-6-7-8-9-10-13-16(19-2)17-15(18)12-11-14-20-17/h11-12,14,16,19H,3-10,13H2,1-2H3. The van der Waals surface area contributed by atoms with Gasteiger partial charge >= 0.3 is 0 Å². The number of hydrogen-bond donors (Lipinski definition) is 1. The molecule has 0 radical (unpaired) electrons. The lowest BCUT2D eigenvalue weighted by atomic mass is 10.0. The van der Waals surface area contributed by atoms with Crippen molar-refractivity contribution in [2.75, 3.05) is 7.05 Å². The molecule has 0 saturated heterocycles. The lowest BCUT2D eigenvalue weighted by molar-refractivity contribution is 0.485. The largest absolute Gasteiger partial charge is 0.312 e. The summed E-state index contributed by atoms with van der Waals surface area (Å²) in [6.07, 6.45) is 14.0. The van der Waals surface area contributed by atoms with Gasteiger partial charge in [-0.3, -0.25) is 4.98 Å². The first-order valence-corrected chi connectivity index (χ1v) is 8.86. The Balaban J connectivity index is 2.18. The fraction of sp³-hybridized carbons (Fsp3) is 0.706. The highest BCUT2D eigenvalue weighted by molar-refractivity contribution is 9.10. The lowest BCUT2D eigenvalue weighted by Gasteiger charge is -2.16. The molecule has 0 aliphatic rings. The van der Waals surface area contributed by atoms with Crippen LogP contribution in [0, 0.1) is 0 Å². The van der Waals surface area contributed by atoms with Crippen molar-refractivity contribution >= 4 is 15.9 Å². The van der Waals surface area contributed by atoms with Gasteiger partial charge in [-0.2, -0.15) is 0 Å². The zero-order valence-corrected chi connectivity index (χ0v) is 14.6. The minimum absolute atomic E-state index is 0.366. The Morgan fingerprint density at radius 1 is 1.10 bits per heavy atom. The average molecular weight is 341 g/mol. The Morgan fingerprint density at radius 2 is 1.75 bits per heavy atom. The second-order valence-corrected chi connectivity index (χ2v) is 6.33. The minimum Gasteiger partial charge on any atom is -0.312 e. The SMILES string of the molecule is CCCCCCCCCCC(NC)c1ncccc1Br. The molecule has 1 N–H and O–H groups in total. The zero-order valence-electron chi connectivity index (χ0n) is 13.0. The highest BCUT2D eigenvalue weighted by atomic mass is 79.9. The number of aromatic nitrogens is 1. The van der Waals surface area contributed by atoms with Gasteiger partial charge in [0.05, 0.1) is 11.7 Å². The van der Waals surface area contributed by atoms with E-state index in [0.29, 0.717) is 6.04 Å². The van der Waals surface area contributed by atoms with Crippen LogP contribution in [0.1, 0.15) is 76.4 Å². The van der Waals surface area contributed by atoms with Gasteiger partial charge in [0, 0.05) is 10.7 Å². The summed E-state index contributed by atoms with van der Waals surface area (Å²) in [5.41, 5.74) is 1.14. The fourth-order valence-electron chi connectivity index (χ4n) is 2.55. The molecule has 1 atom stereocenters. The first kappa shape index (κ1) is 17.6.